The first kappa shape index (κ1) is 17.4. The monoisotopic (exact) mass is 320 g/mol. The molecule has 0 spiro atoms. The Morgan fingerprint density at radius 3 is 2.65 bits per heavy atom. The van der Waals surface area contributed by atoms with Gasteiger partial charge in [-0.3, -0.25) is 4.99 Å². The minimum absolute atomic E-state index is 0.685. The molecule has 1 aromatic carbocycles. The predicted octanol–water partition coefficient (Wildman–Crippen LogP) is 1.32. The Hall–Kier alpha value is -1.95. The molecule has 6 nitrogen and oxygen atoms in total. The molecular weight excluding hydrogens is 292 g/mol. The van der Waals surface area contributed by atoms with Gasteiger partial charge in [-0.1, -0.05) is 6.07 Å². The SMILES string of the molecule is CN=C(NCc1ccc(OC)c(OC)c1)NCC1CCN(C)C1. The van der Waals surface area contributed by atoms with Gasteiger partial charge in [-0.2, -0.15) is 0 Å². The molecular formula is C17H28N4O2. The minimum Gasteiger partial charge on any atom is -0.493 e. The van der Waals surface area contributed by atoms with Gasteiger partial charge in [0.2, 0.25) is 0 Å². The summed E-state index contributed by atoms with van der Waals surface area (Å²) in [7, 11) is 7.25. The molecule has 128 valence electrons. The Bertz CT molecular complexity index is 533. The summed E-state index contributed by atoms with van der Waals surface area (Å²) < 4.78 is 10.6. The van der Waals surface area contributed by atoms with Gasteiger partial charge in [-0.15, -0.1) is 0 Å². The molecule has 0 aliphatic carbocycles. The number of rotatable bonds is 6. The highest BCUT2D eigenvalue weighted by Crippen LogP contribution is 2.27. The number of likely N-dealkylation sites (tertiary alicyclic amines) is 1. The van der Waals surface area contributed by atoms with E-state index in [2.05, 4.69) is 27.6 Å². The fourth-order valence-electron chi connectivity index (χ4n) is 2.83. The molecule has 6 heteroatoms. The Morgan fingerprint density at radius 1 is 1.26 bits per heavy atom. The maximum atomic E-state index is 5.33. The van der Waals surface area contributed by atoms with Crippen LogP contribution in [0.4, 0.5) is 0 Å². The van der Waals surface area contributed by atoms with Crippen LogP contribution in [0.15, 0.2) is 23.2 Å². The molecule has 2 rings (SSSR count). The van der Waals surface area contributed by atoms with Gasteiger partial charge in [0, 0.05) is 26.7 Å². The summed E-state index contributed by atoms with van der Waals surface area (Å²) in [6, 6.07) is 5.92. The second-order valence-electron chi connectivity index (χ2n) is 5.91. The van der Waals surface area contributed by atoms with Crippen LogP contribution in [0.3, 0.4) is 0 Å². The minimum atomic E-state index is 0.685. The van der Waals surface area contributed by atoms with Crippen molar-refractivity contribution in [3.63, 3.8) is 0 Å². The summed E-state index contributed by atoms with van der Waals surface area (Å²) in [5.74, 6) is 3.00. The Kier molecular flexibility index (Phi) is 6.52. The first-order valence-corrected chi connectivity index (χ1v) is 8.00. The maximum Gasteiger partial charge on any atom is 0.191 e. The first-order chi connectivity index (χ1) is 11.2. The highest BCUT2D eigenvalue weighted by molar-refractivity contribution is 5.79. The molecule has 1 heterocycles. The lowest BCUT2D eigenvalue weighted by molar-refractivity contribution is 0.354. The zero-order valence-corrected chi connectivity index (χ0v) is 14.6. The topological polar surface area (TPSA) is 58.1 Å². The van der Waals surface area contributed by atoms with Crippen molar-refractivity contribution in [2.45, 2.75) is 13.0 Å². The molecule has 0 radical (unpaired) electrons. The molecule has 2 N–H and O–H groups in total. The normalized spacial score (nSPS) is 18.8. The Labute approximate surface area is 138 Å². The average Bonchev–Trinajstić information content (AvgIpc) is 3.00. The number of methoxy groups -OCH3 is 2. The van der Waals surface area contributed by atoms with Crippen molar-refractivity contribution in [3.05, 3.63) is 23.8 Å². The number of aliphatic imine (C=N–C) groups is 1. The maximum absolute atomic E-state index is 5.33. The van der Waals surface area contributed by atoms with E-state index >= 15 is 0 Å². The Morgan fingerprint density at radius 2 is 2.04 bits per heavy atom. The number of nitrogens with zero attached hydrogens (tertiary/aromatic N) is 2. The fourth-order valence-corrected chi connectivity index (χ4v) is 2.83. The van der Waals surface area contributed by atoms with Gasteiger partial charge in [0.05, 0.1) is 14.2 Å². The third-order valence-corrected chi connectivity index (χ3v) is 4.18. The van der Waals surface area contributed by atoms with Gasteiger partial charge in [0.15, 0.2) is 17.5 Å². The number of nitrogens with one attached hydrogen (secondary N) is 2. The van der Waals surface area contributed by atoms with E-state index in [1.807, 2.05) is 18.2 Å². The third kappa shape index (κ3) is 5.03. The lowest BCUT2D eigenvalue weighted by atomic mass is 10.1. The van der Waals surface area contributed by atoms with E-state index in [9.17, 15) is 0 Å². The van der Waals surface area contributed by atoms with Gasteiger partial charge in [0.1, 0.15) is 0 Å². The molecule has 0 bridgehead atoms. The average molecular weight is 320 g/mol. The van der Waals surface area contributed by atoms with Gasteiger partial charge in [0.25, 0.3) is 0 Å². The van der Waals surface area contributed by atoms with Crippen LogP contribution >= 0.6 is 0 Å². The zero-order valence-electron chi connectivity index (χ0n) is 14.6. The van der Waals surface area contributed by atoms with Crippen LogP contribution in [0.5, 0.6) is 11.5 Å². The third-order valence-electron chi connectivity index (χ3n) is 4.18. The molecule has 0 amide bonds. The van der Waals surface area contributed by atoms with Crippen LogP contribution in [-0.4, -0.2) is 58.8 Å². The summed E-state index contributed by atoms with van der Waals surface area (Å²) in [6.45, 7) is 3.98. The number of hydrogen-bond donors (Lipinski definition) is 2. The van der Waals surface area contributed by atoms with Crippen molar-refractivity contribution >= 4 is 5.96 Å². The summed E-state index contributed by atoms with van der Waals surface area (Å²) >= 11 is 0. The van der Waals surface area contributed by atoms with E-state index in [0.717, 1.165) is 36.1 Å². The fraction of sp³-hybridized carbons (Fsp3) is 0.588. The standard InChI is InChI=1S/C17H28N4O2/c1-18-17(20-11-14-7-8-21(2)12-14)19-10-13-5-6-15(22-3)16(9-13)23-4/h5-6,9,14H,7-8,10-12H2,1-4H3,(H2,18,19,20). The molecule has 1 aliphatic heterocycles. The van der Waals surface area contributed by atoms with Crippen molar-refractivity contribution in [2.24, 2.45) is 10.9 Å². The predicted molar refractivity (Wildman–Crippen MR) is 93.4 cm³/mol. The van der Waals surface area contributed by atoms with Crippen molar-refractivity contribution in [1.29, 1.82) is 0 Å². The molecule has 1 unspecified atom stereocenters. The molecule has 1 aliphatic rings. The van der Waals surface area contributed by atoms with Crippen LogP contribution in [0.2, 0.25) is 0 Å². The molecule has 1 saturated heterocycles. The smallest absolute Gasteiger partial charge is 0.191 e. The second kappa shape index (κ2) is 8.62. The quantitative estimate of drug-likeness (QED) is 0.611. The van der Waals surface area contributed by atoms with Crippen molar-refractivity contribution in [1.82, 2.24) is 15.5 Å². The van der Waals surface area contributed by atoms with Gasteiger partial charge in [-0.05, 0) is 43.6 Å². The summed E-state index contributed by atoms with van der Waals surface area (Å²) in [4.78, 5) is 6.65. The highest BCUT2D eigenvalue weighted by Gasteiger charge is 2.19. The number of hydrogen-bond acceptors (Lipinski definition) is 4. The van der Waals surface area contributed by atoms with Crippen molar-refractivity contribution in [3.8, 4) is 11.5 Å². The van der Waals surface area contributed by atoms with E-state index < -0.39 is 0 Å². The van der Waals surface area contributed by atoms with Crippen LogP contribution < -0.4 is 20.1 Å². The highest BCUT2D eigenvalue weighted by atomic mass is 16.5. The summed E-state index contributed by atoms with van der Waals surface area (Å²) in [6.07, 6.45) is 1.25. The molecule has 1 fully saturated rings. The number of guanidine groups is 1. The first-order valence-electron chi connectivity index (χ1n) is 8.00. The van der Waals surface area contributed by atoms with Gasteiger partial charge in [-0.25, -0.2) is 0 Å². The zero-order chi connectivity index (χ0) is 16.7. The van der Waals surface area contributed by atoms with Crippen molar-refractivity contribution in [2.75, 3.05) is 47.9 Å². The lowest BCUT2D eigenvalue weighted by Crippen LogP contribution is -2.39. The summed E-state index contributed by atoms with van der Waals surface area (Å²) in [5.41, 5.74) is 1.12. The summed E-state index contributed by atoms with van der Waals surface area (Å²) in [5, 5.41) is 6.75. The molecule has 23 heavy (non-hydrogen) atoms. The van der Waals surface area contributed by atoms with Crippen LogP contribution in [-0.2, 0) is 6.54 Å². The molecule has 1 aromatic rings. The molecule has 1 atom stereocenters. The van der Waals surface area contributed by atoms with Crippen molar-refractivity contribution < 1.29 is 9.47 Å². The van der Waals surface area contributed by atoms with E-state index in [0.29, 0.717) is 12.5 Å². The van der Waals surface area contributed by atoms with E-state index in [1.165, 1.54) is 13.0 Å². The van der Waals surface area contributed by atoms with Crippen LogP contribution in [0.1, 0.15) is 12.0 Å². The lowest BCUT2D eigenvalue weighted by Gasteiger charge is -2.16. The molecule has 0 aromatic heterocycles. The van der Waals surface area contributed by atoms with E-state index in [-0.39, 0.29) is 0 Å². The van der Waals surface area contributed by atoms with Gasteiger partial charge < -0.3 is 25.0 Å². The van der Waals surface area contributed by atoms with Crippen LogP contribution in [0, 0.1) is 5.92 Å². The van der Waals surface area contributed by atoms with E-state index in [1.54, 1.807) is 21.3 Å². The largest absolute Gasteiger partial charge is 0.493 e. The Balaban J connectivity index is 1.83. The number of benzene rings is 1. The van der Waals surface area contributed by atoms with E-state index in [4.69, 9.17) is 9.47 Å². The molecule has 0 saturated carbocycles. The van der Waals surface area contributed by atoms with Crippen LogP contribution in [0.25, 0.3) is 0 Å². The number of ether oxygens (including phenoxy) is 2. The second-order valence-corrected chi connectivity index (χ2v) is 5.91. The van der Waals surface area contributed by atoms with Gasteiger partial charge >= 0.3 is 0 Å².